The van der Waals surface area contributed by atoms with Crippen LogP contribution in [0.3, 0.4) is 0 Å². The molecule has 0 saturated carbocycles. The molecule has 0 radical (unpaired) electrons. The van der Waals surface area contributed by atoms with Gasteiger partial charge in [0.15, 0.2) is 0 Å². The first-order valence-electron chi connectivity index (χ1n) is 7.96. The van der Waals surface area contributed by atoms with E-state index in [1.807, 2.05) is 0 Å². The Morgan fingerprint density at radius 3 is 2.56 bits per heavy atom. The quantitative estimate of drug-likeness (QED) is 0.776. The molecule has 1 amide bonds. The van der Waals surface area contributed by atoms with Crippen LogP contribution in [0.15, 0.2) is 48.5 Å². The van der Waals surface area contributed by atoms with Crippen molar-refractivity contribution in [1.82, 2.24) is 10.6 Å². The van der Waals surface area contributed by atoms with E-state index in [9.17, 15) is 18.0 Å². The molecule has 0 aliphatic carbocycles. The largest absolute Gasteiger partial charge is 0.416 e. The minimum Gasteiger partial charge on any atom is -0.355 e. The molecule has 3 N–H and O–H groups in total. The minimum atomic E-state index is -4.41. The van der Waals surface area contributed by atoms with Crippen molar-refractivity contribution in [2.75, 3.05) is 25.0 Å². The highest BCUT2D eigenvalue weighted by Gasteiger charge is 2.30. The minimum absolute atomic E-state index is 0.248. The van der Waals surface area contributed by atoms with E-state index in [-0.39, 0.29) is 11.6 Å². The number of para-hydroxylation sites is 1. The van der Waals surface area contributed by atoms with E-state index in [0.29, 0.717) is 23.7 Å². The van der Waals surface area contributed by atoms with E-state index in [0.717, 1.165) is 25.2 Å². The fraction of sp³-hybridized carbons (Fsp3) is 0.278. The molecule has 25 heavy (non-hydrogen) atoms. The molecule has 0 atom stereocenters. The van der Waals surface area contributed by atoms with E-state index < -0.39 is 11.7 Å². The summed E-state index contributed by atoms with van der Waals surface area (Å²) in [4.78, 5) is 12.4. The number of rotatable bonds is 5. The summed E-state index contributed by atoms with van der Waals surface area (Å²) in [6, 6.07) is 11.6. The summed E-state index contributed by atoms with van der Waals surface area (Å²) >= 11 is 0. The van der Waals surface area contributed by atoms with Gasteiger partial charge in [-0.25, -0.2) is 0 Å². The maximum atomic E-state index is 12.8. The molecule has 0 unspecified atom stereocenters. The first-order chi connectivity index (χ1) is 11.9. The van der Waals surface area contributed by atoms with Crippen LogP contribution in [0.1, 0.15) is 15.9 Å². The smallest absolute Gasteiger partial charge is 0.355 e. The van der Waals surface area contributed by atoms with Gasteiger partial charge in [-0.05, 0) is 30.3 Å². The van der Waals surface area contributed by atoms with Gasteiger partial charge in [-0.15, -0.1) is 0 Å². The highest BCUT2D eigenvalue weighted by molar-refractivity contribution is 6.00. The Morgan fingerprint density at radius 2 is 1.88 bits per heavy atom. The monoisotopic (exact) mass is 349 g/mol. The lowest BCUT2D eigenvalue weighted by molar-refractivity contribution is -0.137. The molecule has 1 heterocycles. The van der Waals surface area contributed by atoms with Gasteiger partial charge in [0.05, 0.1) is 16.8 Å². The van der Waals surface area contributed by atoms with Crippen molar-refractivity contribution in [3.63, 3.8) is 0 Å². The number of carbonyl (C=O) groups excluding carboxylic acids is 1. The Labute approximate surface area is 143 Å². The Hall–Kier alpha value is -2.54. The summed E-state index contributed by atoms with van der Waals surface area (Å²) in [6.07, 6.45) is -4.41. The number of alkyl halides is 3. The van der Waals surface area contributed by atoms with Crippen LogP contribution in [-0.4, -0.2) is 25.5 Å². The number of hydrogen-bond acceptors (Lipinski definition) is 3. The first-order valence-corrected chi connectivity index (χ1v) is 7.96. The van der Waals surface area contributed by atoms with E-state index in [4.69, 9.17) is 0 Å². The van der Waals surface area contributed by atoms with Crippen molar-refractivity contribution in [2.24, 2.45) is 5.92 Å². The Kier molecular flexibility index (Phi) is 4.94. The maximum Gasteiger partial charge on any atom is 0.416 e. The molecule has 1 saturated heterocycles. The molecule has 2 aromatic carbocycles. The van der Waals surface area contributed by atoms with Crippen LogP contribution in [0.25, 0.3) is 0 Å². The van der Waals surface area contributed by atoms with Crippen molar-refractivity contribution in [2.45, 2.75) is 6.18 Å². The topological polar surface area (TPSA) is 53.2 Å². The Morgan fingerprint density at radius 1 is 1.12 bits per heavy atom. The van der Waals surface area contributed by atoms with Crippen molar-refractivity contribution in [3.8, 4) is 0 Å². The summed E-state index contributed by atoms with van der Waals surface area (Å²) in [5.74, 6) is 0.175. The number of halogens is 3. The van der Waals surface area contributed by atoms with E-state index in [1.165, 1.54) is 12.1 Å². The van der Waals surface area contributed by atoms with Gasteiger partial charge in [0, 0.05) is 31.2 Å². The van der Waals surface area contributed by atoms with Crippen LogP contribution in [0, 0.1) is 5.92 Å². The molecular formula is C18H18F3N3O. The molecule has 1 fully saturated rings. The van der Waals surface area contributed by atoms with E-state index in [1.54, 1.807) is 24.3 Å². The van der Waals surface area contributed by atoms with Gasteiger partial charge in [0.1, 0.15) is 0 Å². The summed E-state index contributed by atoms with van der Waals surface area (Å²) in [7, 11) is 0. The highest BCUT2D eigenvalue weighted by atomic mass is 19.4. The van der Waals surface area contributed by atoms with Gasteiger partial charge in [-0.3, -0.25) is 4.79 Å². The van der Waals surface area contributed by atoms with Crippen LogP contribution in [0.2, 0.25) is 0 Å². The SMILES string of the molecule is O=C(NCC1CNC1)c1ccccc1Nc1cccc(C(F)(F)F)c1. The summed E-state index contributed by atoms with van der Waals surface area (Å²) in [6.45, 7) is 2.33. The lowest BCUT2D eigenvalue weighted by atomic mass is 10.0. The molecule has 1 aliphatic heterocycles. The zero-order valence-corrected chi connectivity index (χ0v) is 13.4. The maximum absolute atomic E-state index is 12.8. The second-order valence-corrected chi connectivity index (χ2v) is 5.98. The average molecular weight is 349 g/mol. The number of anilines is 2. The summed E-state index contributed by atoms with van der Waals surface area (Å²) in [5.41, 5.74) is 0.397. The molecule has 132 valence electrons. The summed E-state index contributed by atoms with van der Waals surface area (Å²) in [5, 5.41) is 8.90. The van der Waals surface area contributed by atoms with Crippen molar-refractivity contribution in [1.29, 1.82) is 0 Å². The number of benzene rings is 2. The zero-order chi connectivity index (χ0) is 17.9. The third-order valence-electron chi connectivity index (χ3n) is 4.06. The lowest BCUT2D eigenvalue weighted by Gasteiger charge is -2.27. The fourth-order valence-corrected chi connectivity index (χ4v) is 2.54. The number of carbonyl (C=O) groups is 1. The van der Waals surface area contributed by atoms with Crippen LogP contribution in [0.4, 0.5) is 24.5 Å². The van der Waals surface area contributed by atoms with Gasteiger partial charge in [0.25, 0.3) is 5.91 Å². The van der Waals surface area contributed by atoms with Gasteiger partial charge >= 0.3 is 6.18 Å². The standard InChI is InChI=1S/C18H18F3N3O/c19-18(20,21)13-4-3-5-14(8-13)24-16-7-2-1-6-15(16)17(25)23-11-12-9-22-10-12/h1-8,12,22,24H,9-11H2,(H,23,25). The van der Waals surface area contributed by atoms with Crippen LogP contribution in [-0.2, 0) is 6.18 Å². The van der Waals surface area contributed by atoms with E-state index in [2.05, 4.69) is 16.0 Å². The van der Waals surface area contributed by atoms with E-state index >= 15 is 0 Å². The third kappa shape index (κ3) is 4.30. The van der Waals surface area contributed by atoms with Crippen molar-refractivity contribution in [3.05, 3.63) is 59.7 Å². The average Bonchev–Trinajstić information content (AvgIpc) is 2.53. The molecular weight excluding hydrogens is 331 g/mol. The normalized spacial score (nSPS) is 14.7. The fourth-order valence-electron chi connectivity index (χ4n) is 2.54. The van der Waals surface area contributed by atoms with Gasteiger partial charge in [0.2, 0.25) is 0 Å². The van der Waals surface area contributed by atoms with Crippen LogP contribution in [0.5, 0.6) is 0 Å². The zero-order valence-electron chi connectivity index (χ0n) is 13.4. The molecule has 2 aromatic rings. The van der Waals surface area contributed by atoms with Gasteiger partial charge < -0.3 is 16.0 Å². The van der Waals surface area contributed by atoms with Crippen LogP contribution < -0.4 is 16.0 Å². The van der Waals surface area contributed by atoms with Crippen LogP contribution >= 0.6 is 0 Å². The summed E-state index contributed by atoms with van der Waals surface area (Å²) < 4.78 is 38.5. The predicted molar refractivity (Wildman–Crippen MR) is 89.9 cm³/mol. The third-order valence-corrected chi connectivity index (χ3v) is 4.06. The van der Waals surface area contributed by atoms with Gasteiger partial charge in [-0.1, -0.05) is 18.2 Å². The molecule has 7 heteroatoms. The molecule has 0 aromatic heterocycles. The Bertz CT molecular complexity index is 757. The highest BCUT2D eigenvalue weighted by Crippen LogP contribution is 2.31. The Balaban J connectivity index is 1.75. The lowest BCUT2D eigenvalue weighted by Crippen LogP contribution is -2.48. The molecule has 4 nitrogen and oxygen atoms in total. The van der Waals surface area contributed by atoms with Crippen molar-refractivity contribution >= 4 is 17.3 Å². The van der Waals surface area contributed by atoms with Gasteiger partial charge in [-0.2, -0.15) is 13.2 Å². The van der Waals surface area contributed by atoms with Crippen molar-refractivity contribution < 1.29 is 18.0 Å². The number of amides is 1. The molecule has 0 bridgehead atoms. The molecule has 1 aliphatic rings. The predicted octanol–water partition coefficient (Wildman–Crippen LogP) is 3.40. The molecule has 3 rings (SSSR count). The number of nitrogens with one attached hydrogen (secondary N) is 3. The second-order valence-electron chi connectivity index (χ2n) is 5.98. The first kappa shape index (κ1) is 17.3. The molecule has 0 spiro atoms. The second kappa shape index (κ2) is 7.14. The number of hydrogen-bond donors (Lipinski definition) is 3.